The molecule has 2 aromatic rings. The summed E-state index contributed by atoms with van der Waals surface area (Å²) in [6, 6.07) is 9.87. The third-order valence-electron chi connectivity index (χ3n) is 4.66. The first-order chi connectivity index (χ1) is 12.5. The van der Waals surface area contributed by atoms with Gasteiger partial charge < -0.3 is 10.2 Å². The van der Waals surface area contributed by atoms with E-state index in [0.29, 0.717) is 30.4 Å². The number of carbonyl (C=O) groups is 2. The molecule has 0 radical (unpaired) electrons. The summed E-state index contributed by atoms with van der Waals surface area (Å²) in [7, 11) is 0. The highest BCUT2D eigenvalue weighted by Gasteiger charge is 2.40. The molecule has 1 aromatic carbocycles. The van der Waals surface area contributed by atoms with Gasteiger partial charge in [-0.3, -0.25) is 9.59 Å². The number of hydrogen-bond acceptors (Lipinski definition) is 3. The third kappa shape index (κ3) is 4.12. The number of halogens is 1. The molecule has 1 saturated heterocycles. The molecule has 6 heteroatoms. The van der Waals surface area contributed by atoms with Crippen LogP contribution < -0.4 is 5.32 Å². The number of amides is 2. The van der Waals surface area contributed by atoms with Crippen molar-refractivity contribution < 1.29 is 14.0 Å². The van der Waals surface area contributed by atoms with E-state index in [1.54, 1.807) is 23.1 Å². The Hall–Kier alpha value is -2.21. The smallest absolute Gasteiger partial charge is 0.263 e. The van der Waals surface area contributed by atoms with Crippen molar-refractivity contribution in [2.45, 2.75) is 19.8 Å². The highest BCUT2D eigenvalue weighted by Crippen LogP contribution is 2.34. The van der Waals surface area contributed by atoms with Crippen LogP contribution in [-0.2, 0) is 4.79 Å². The predicted octanol–water partition coefficient (Wildman–Crippen LogP) is 3.52. The zero-order valence-corrected chi connectivity index (χ0v) is 15.8. The lowest BCUT2D eigenvalue weighted by molar-refractivity contribution is -0.125. The fraction of sp³-hybridized carbons (Fsp3) is 0.400. The Balaban J connectivity index is 1.81. The maximum absolute atomic E-state index is 13.3. The number of nitrogens with one attached hydrogen (secondary N) is 1. The van der Waals surface area contributed by atoms with Gasteiger partial charge in [0.05, 0.1) is 10.8 Å². The topological polar surface area (TPSA) is 49.4 Å². The minimum atomic E-state index is -0.330. The Morgan fingerprint density at radius 1 is 1.23 bits per heavy atom. The molecule has 1 N–H and O–H groups in total. The van der Waals surface area contributed by atoms with Crippen molar-refractivity contribution in [1.82, 2.24) is 10.2 Å². The molecule has 3 rings (SSSR count). The molecule has 1 aromatic heterocycles. The second-order valence-corrected chi connectivity index (χ2v) is 8.04. The van der Waals surface area contributed by atoms with Gasteiger partial charge in [0.1, 0.15) is 5.82 Å². The largest absolute Gasteiger partial charge is 0.356 e. The van der Waals surface area contributed by atoms with E-state index in [9.17, 15) is 14.0 Å². The van der Waals surface area contributed by atoms with Crippen LogP contribution in [0.3, 0.4) is 0 Å². The van der Waals surface area contributed by atoms with Gasteiger partial charge in [0.25, 0.3) is 5.91 Å². The lowest BCUT2D eigenvalue weighted by Crippen LogP contribution is -2.37. The Labute approximate surface area is 157 Å². The number of likely N-dealkylation sites (tertiary alicyclic amines) is 1. The second-order valence-electron chi connectivity index (χ2n) is 7.09. The fourth-order valence-corrected chi connectivity index (χ4v) is 3.97. The van der Waals surface area contributed by atoms with E-state index in [4.69, 9.17) is 0 Å². The van der Waals surface area contributed by atoms with Crippen LogP contribution in [0.1, 0.15) is 35.0 Å². The van der Waals surface area contributed by atoms with Crippen LogP contribution in [0.25, 0.3) is 0 Å². The van der Waals surface area contributed by atoms with Gasteiger partial charge in [-0.2, -0.15) is 0 Å². The molecule has 4 nitrogen and oxygen atoms in total. The number of carbonyl (C=O) groups excluding carboxylic acids is 2. The van der Waals surface area contributed by atoms with E-state index in [1.807, 2.05) is 25.3 Å². The monoisotopic (exact) mass is 374 g/mol. The van der Waals surface area contributed by atoms with Crippen molar-refractivity contribution in [3.05, 3.63) is 58.0 Å². The molecule has 2 amide bonds. The van der Waals surface area contributed by atoms with E-state index in [2.05, 4.69) is 5.32 Å². The van der Waals surface area contributed by atoms with Crippen molar-refractivity contribution in [1.29, 1.82) is 0 Å². The number of benzene rings is 1. The molecular formula is C20H23FN2O2S. The van der Waals surface area contributed by atoms with Crippen molar-refractivity contribution in [2.24, 2.45) is 11.8 Å². The van der Waals surface area contributed by atoms with Crippen LogP contribution >= 0.6 is 11.3 Å². The zero-order chi connectivity index (χ0) is 18.7. The van der Waals surface area contributed by atoms with Crippen LogP contribution in [0.15, 0.2) is 41.8 Å². The minimum absolute atomic E-state index is 0.0468. The molecule has 0 saturated carbocycles. The summed E-state index contributed by atoms with van der Waals surface area (Å²) in [6.45, 7) is 5.52. The van der Waals surface area contributed by atoms with Gasteiger partial charge in [-0.1, -0.05) is 32.0 Å². The SMILES string of the molecule is CC(C)CNC(=O)[C@@H]1CN(C(=O)c2cccs2)C[C@@H]1c1ccc(F)cc1. The quantitative estimate of drug-likeness (QED) is 0.871. The average Bonchev–Trinajstić information content (AvgIpc) is 3.29. The van der Waals surface area contributed by atoms with Crippen molar-refractivity contribution in [3.8, 4) is 0 Å². The van der Waals surface area contributed by atoms with E-state index >= 15 is 0 Å². The molecule has 0 unspecified atom stereocenters. The summed E-state index contributed by atoms with van der Waals surface area (Å²) in [5.74, 6) is -0.511. The molecule has 0 bridgehead atoms. The molecule has 0 spiro atoms. The fourth-order valence-electron chi connectivity index (χ4n) is 3.27. The maximum atomic E-state index is 13.3. The van der Waals surface area contributed by atoms with Gasteiger partial charge in [-0.05, 0) is 35.1 Å². The molecule has 2 heterocycles. The summed E-state index contributed by atoms with van der Waals surface area (Å²) in [5.41, 5.74) is 0.887. The van der Waals surface area contributed by atoms with Gasteiger partial charge in [0, 0.05) is 25.6 Å². The molecule has 2 atom stereocenters. The minimum Gasteiger partial charge on any atom is -0.356 e. The predicted molar refractivity (Wildman–Crippen MR) is 101 cm³/mol. The Bertz CT molecular complexity index is 759. The molecule has 1 aliphatic rings. The van der Waals surface area contributed by atoms with Gasteiger partial charge >= 0.3 is 0 Å². The van der Waals surface area contributed by atoms with E-state index in [-0.39, 0.29) is 29.5 Å². The van der Waals surface area contributed by atoms with Crippen LogP contribution in [-0.4, -0.2) is 36.3 Å². The molecule has 1 fully saturated rings. The van der Waals surface area contributed by atoms with Gasteiger partial charge in [-0.15, -0.1) is 11.3 Å². The van der Waals surface area contributed by atoms with Gasteiger partial charge in [0.15, 0.2) is 0 Å². The number of nitrogens with zero attached hydrogens (tertiary/aromatic N) is 1. The number of thiophene rings is 1. The summed E-state index contributed by atoms with van der Waals surface area (Å²) in [6.07, 6.45) is 0. The second kappa shape index (κ2) is 7.99. The normalized spacial score (nSPS) is 19.8. The highest BCUT2D eigenvalue weighted by atomic mass is 32.1. The average molecular weight is 374 g/mol. The zero-order valence-electron chi connectivity index (χ0n) is 14.9. The van der Waals surface area contributed by atoms with Gasteiger partial charge in [0.2, 0.25) is 5.91 Å². The number of rotatable bonds is 5. The van der Waals surface area contributed by atoms with E-state index < -0.39 is 0 Å². The molecular weight excluding hydrogens is 351 g/mol. The maximum Gasteiger partial charge on any atom is 0.263 e. The Kier molecular flexibility index (Phi) is 5.71. The van der Waals surface area contributed by atoms with Crippen molar-refractivity contribution in [2.75, 3.05) is 19.6 Å². The van der Waals surface area contributed by atoms with Crippen LogP contribution in [0.4, 0.5) is 4.39 Å². The summed E-state index contributed by atoms with van der Waals surface area (Å²) < 4.78 is 13.3. The van der Waals surface area contributed by atoms with Crippen LogP contribution in [0, 0.1) is 17.7 Å². The summed E-state index contributed by atoms with van der Waals surface area (Å²) in [4.78, 5) is 27.9. The Morgan fingerprint density at radius 3 is 2.58 bits per heavy atom. The summed E-state index contributed by atoms with van der Waals surface area (Å²) in [5, 5.41) is 4.85. The van der Waals surface area contributed by atoms with E-state index in [1.165, 1.54) is 23.5 Å². The number of hydrogen-bond donors (Lipinski definition) is 1. The van der Waals surface area contributed by atoms with Crippen LogP contribution in [0.5, 0.6) is 0 Å². The molecule has 138 valence electrons. The first-order valence-electron chi connectivity index (χ1n) is 8.81. The standard InChI is InChI=1S/C20H23FN2O2S/c1-13(2)10-22-19(24)17-12-23(20(25)18-4-3-9-26-18)11-16(17)14-5-7-15(21)8-6-14/h3-9,13,16-17H,10-12H2,1-2H3,(H,22,24)/t16-,17-/m1/s1. The van der Waals surface area contributed by atoms with Gasteiger partial charge in [-0.25, -0.2) is 4.39 Å². The first-order valence-corrected chi connectivity index (χ1v) is 9.69. The molecule has 0 aliphatic carbocycles. The lowest BCUT2D eigenvalue weighted by atomic mass is 9.88. The van der Waals surface area contributed by atoms with Crippen molar-refractivity contribution >= 4 is 23.2 Å². The van der Waals surface area contributed by atoms with Crippen LogP contribution in [0.2, 0.25) is 0 Å². The highest BCUT2D eigenvalue weighted by molar-refractivity contribution is 7.12. The molecule has 1 aliphatic heterocycles. The summed E-state index contributed by atoms with van der Waals surface area (Å²) >= 11 is 1.40. The lowest BCUT2D eigenvalue weighted by Gasteiger charge is -2.18. The van der Waals surface area contributed by atoms with Crippen molar-refractivity contribution in [3.63, 3.8) is 0 Å². The van der Waals surface area contributed by atoms with E-state index in [0.717, 1.165) is 5.56 Å². The third-order valence-corrected chi connectivity index (χ3v) is 5.52. The Morgan fingerprint density at radius 2 is 1.96 bits per heavy atom. The molecule has 26 heavy (non-hydrogen) atoms. The first kappa shape index (κ1) is 18.6.